The molecule has 0 radical (unpaired) electrons. The predicted molar refractivity (Wildman–Crippen MR) is 85.4 cm³/mol. The second kappa shape index (κ2) is 7.40. The Hall–Kier alpha value is -2.40. The summed E-state index contributed by atoms with van der Waals surface area (Å²) < 4.78 is 0. The van der Waals surface area contributed by atoms with Gasteiger partial charge in [0.05, 0.1) is 0 Å². The monoisotopic (exact) mass is 284 g/mol. The van der Waals surface area contributed by atoms with Gasteiger partial charge in [0.1, 0.15) is 0 Å². The van der Waals surface area contributed by atoms with Crippen LogP contribution in [0.1, 0.15) is 25.5 Å². The molecule has 1 heterocycles. The summed E-state index contributed by atoms with van der Waals surface area (Å²) in [4.78, 5) is 15.7. The summed E-state index contributed by atoms with van der Waals surface area (Å²) >= 11 is 0. The molecule has 0 saturated carbocycles. The Morgan fingerprint density at radius 3 is 2.19 bits per heavy atom. The molecule has 0 spiro atoms. The fourth-order valence-electron chi connectivity index (χ4n) is 2.01. The Morgan fingerprint density at radius 1 is 1.05 bits per heavy atom. The molecule has 0 aliphatic carbocycles. The zero-order valence-electron chi connectivity index (χ0n) is 12.3. The van der Waals surface area contributed by atoms with Gasteiger partial charge in [-0.15, -0.1) is 0 Å². The van der Waals surface area contributed by atoms with Crippen molar-refractivity contribution in [2.24, 2.45) is 0 Å². The molecule has 2 amide bonds. The summed E-state index contributed by atoms with van der Waals surface area (Å²) in [5.41, 5.74) is 2.66. The lowest BCUT2D eigenvalue weighted by molar-refractivity contribution is 0.262. The third-order valence-electron chi connectivity index (χ3n) is 3.12. The molecule has 0 saturated heterocycles. The summed E-state index contributed by atoms with van der Waals surface area (Å²) in [6.45, 7) is 5.12. The molecule has 1 atom stereocenters. The van der Waals surface area contributed by atoms with Crippen molar-refractivity contribution in [2.75, 3.05) is 17.2 Å². The first-order valence-corrected chi connectivity index (χ1v) is 7.00. The van der Waals surface area contributed by atoms with Crippen molar-refractivity contribution < 1.29 is 4.79 Å². The molecule has 3 N–H and O–H groups in total. The summed E-state index contributed by atoms with van der Waals surface area (Å²) in [5.74, 6) is 0. The van der Waals surface area contributed by atoms with Crippen LogP contribution in [-0.2, 0) is 0 Å². The SMILES string of the molecule is CCNC(C)c1ccc(NC(=O)Nc2ccncc2)cc1. The van der Waals surface area contributed by atoms with E-state index in [9.17, 15) is 4.79 Å². The second-order valence-electron chi connectivity index (χ2n) is 4.72. The molecular formula is C16H20N4O. The molecular weight excluding hydrogens is 264 g/mol. The van der Waals surface area contributed by atoms with E-state index in [0.29, 0.717) is 11.7 Å². The highest BCUT2D eigenvalue weighted by molar-refractivity contribution is 5.99. The van der Waals surface area contributed by atoms with Gasteiger partial charge in [0.2, 0.25) is 0 Å². The minimum absolute atomic E-state index is 0.270. The maximum Gasteiger partial charge on any atom is 0.323 e. The Morgan fingerprint density at radius 2 is 1.62 bits per heavy atom. The molecule has 0 aliphatic rings. The quantitative estimate of drug-likeness (QED) is 0.788. The first kappa shape index (κ1) is 15.0. The molecule has 110 valence electrons. The zero-order valence-corrected chi connectivity index (χ0v) is 12.3. The summed E-state index contributed by atoms with van der Waals surface area (Å²) in [7, 11) is 0. The number of carbonyl (C=O) groups is 1. The number of aromatic nitrogens is 1. The van der Waals surface area contributed by atoms with Crippen molar-refractivity contribution in [3.63, 3.8) is 0 Å². The first-order chi connectivity index (χ1) is 10.2. The fraction of sp³-hybridized carbons (Fsp3) is 0.250. The smallest absolute Gasteiger partial charge is 0.310 e. The number of rotatable bonds is 5. The Balaban J connectivity index is 1.92. The topological polar surface area (TPSA) is 66.0 Å². The average molecular weight is 284 g/mol. The molecule has 21 heavy (non-hydrogen) atoms. The van der Waals surface area contributed by atoms with E-state index in [-0.39, 0.29) is 6.03 Å². The van der Waals surface area contributed by atoms with Crippen LogP contribution in [0.25, 0.3) is 0 Å². The second-order valence-corrected chi connectivity index (χ2v) is 4.72. The van der Waals surface area contributed by atoms with Gasteiger partial charge in [0.25, 0.3) is 0 Å². The van der Waals surface area contributed by atoms with Gasteiger partial charge in [0.15, 0.2) is 0 Å². The van der Waals surface area contributed by atoms with Crippen LogP contribution in [0.2, 0.25) is 0 Å². The zero-order chi connectivity index (χ0) is 15.1. The van der Waals surface area contributed by atoms with Gasteiger partial charge in [-0.3, -0.25) is 4.98 Å². The lowest BCUT2D eigenvalue weighted by Gasteiger charge is -2.13. The highest BCUT2D eigenvalue weighted by atomic mass is 16.2. The number of anilines is 2. The van der Waals surface area contributed by atoms with Crippen molar-refractivity contribution in [1.29, 1.82) is 0 Å². The minimum Gasteiger partial charge on any atom is -0.310 e. The minimum atomic E-state index is -0.270. The fourth-order valence-corrected chi connectivity index (χ4v) is 2.01. The number of pyridine rings is 1. The first-order valence-electron chi connectivity index (χ1n) is 7.00. The van der Waals surface area contributed by atoms with Gasteiger partial charge in [-0.25, -0.2) is 4.79 Å². The molecule has 5 nitrogen and oxygen atoms in total. The largest absolute Gasteiger partial charge is 0.323 e. The molecule has 1 aromatic carbocycles. The van der Waals surface area contributed by atoms with E-state index < -0.39 is 0 Å². The van der Waals surface area contributed by atoms with Gasteiger partial charge in [-0.05, 0) is 43.3 Å². The van der Waals surface area contributed by atoms with E-state index >= 15 is 0 Å². The Bertz CT molecular complexity index is 569. The van der Waals surface area contributed by atoms with E-state index in [1.807, 2.05) is 24.3 Å². The van der Waals surface area contributed by atoms with E-state index in [1.54, 1.807) is 24.5 Å². The predicted octanol–water partition coefficient (Wildman–Crippen LogP) is 3.40. The maximum absolute atomic E-state index is 11.8. The summed E-state index contributed by atoms with van der Waals surface area (Å²) in [6.07, 6.45) is 3.26. The molecule has 1 unspecified atom stereocenters. The highest BCUT2D eigenvalue weighted by Crippen LogP contribution is 2.16. The van der Waals surface area contributed by atoms with Crippen LogP contribution in [0.5, 0.6) is 0 Å². The third-order valence-corrected chi connectivity index (χ3v) is 3.12. The van der Waals surface area contributed by atoms with Crippen molar-refractivity contribution in [3.8, 4) is 0 Å². The van der Waals surface area contributed by atoms with Crippen molar-refractivity contribution in [1.82, 2.24) is 10.3 Å². The Labute approximate surface area is 124 Å². The number of carbonyl (C=O) groups excluding carboxylic acids is 1. The van der Waals surface area contributed by atoms with Gasteiger partial charge in [0, 0.05) is 29.8 Å². The Kier molecular flexibility index (Phi) is 5.29. The lowest BCUT2D eigenvalue weighted by Crippen LogP contribution is -2.20. The normalized spacial score (nSPS) is 11.7. The number of amides is 2. The van der Waals surface area contributed by atoms with Crippen molar-refractivity contribution >= 4 is 17.4 Å². The molecule has 1 aromatic heterocycles. The van der Waals surface area contributed by atoms with Gasteiger partial charge >= 0.3 is 6.03 Å². The highest BCUT2D eigenvalue weighted by Gasteiger charge is 2.05. The molecule has 2 aromatic rings. The van der Waals surface area contributed by atoms with Gasteiger partial charge < -0.3 is 16.0 Å². The maximum atomic E-state index is 11.8. The number of hydrogen-bond acceptors (Lipinski definition) is 3. The number of nitrogens with zero attached hydrogens (tertiary/aromatic N) is 1. The lowest BCUT2D eigenvalue weighted by atomic mass is 10.1. The average Bonchev–Trinajstić information content (AvgIpc) is 2.49. The van der Waals surface area contributed by atoms with E-state index in [2.05, 4.69) is 34.8 Å². The molecule has 5 heteroatoms. The van der Waals surface area contributed by atoms with Gasteiger partial charge in [-0.2, -0.15) is 0 Å². The van der Waals surface area contributed by atoms with Crippen LogP contribution < -0.4 is 16.0 Å². The van der Waals surface area contributed by atoms with Crippen LogP contribution in [0.4, 0.5) is 16.2 Å². The standard InChI is InChI=1S/C16H20N4O/c1-3-18-12(2)13-4-6-14(7-5-13)19-16(21)20-15-8-10-17-11-9-15/h4-12,18H,3H2,1-2H3,(H2,17,19,20,21). The number of hydrogen-bond donors (Lipinski definition) is 3. The number of benzene rings is 1. The van der Waals surface area contributed by atoms with E-state index in [1.165, 1.54) is 5.56 Å². The van der Waals surface area contributed by atoms with Crippen LogP contribution in [0.15, 0.2) is 48.8 Å². The van der Waals surface area contributed by atoms with Crippen LogP contribution in [0, 0.1) is 0 Å². The third kappa shape index (κ3) is 4.57. The van der Waals surface area contributed by atoms with Crippen molar-refractivity contribution in [2.45, 2.75) is 19.9 Å². The molecule has 0 aliphatic heterocycles. The number of urea groups is 1. The number of nitrogens with one attached hydrogen (secondary N) is 3. The molecule has 0 bridgehead atoms. The molecule has 2 rings (SSSR count). The van der Waals surface area contributed by atoms with Crippen LogP contribution in [-0.4, -0.2) is 17.6 Å². The van der Waals surface area contributed by atoms with Crippen LogP contribution >= 0.6 is 0 Å². The summed E-state index contributed by atoms with van der Waals surface area (Å²) in [5, 5.41) is 8.89. The van der Waals surface area contributed by atoms with E-state index in [0.717, 1.165) is 12.2 Å². The van der Waals surface area contributed by atoms with Gasteiger partial charge in [-0.1, -0.05) is 19.1 Å². The summed E-state index contributed by atoms with van der Waals surface area (Å²) in [6, 6.07) is 11.3. The van der Waals surface area contributed by atoms with Crippen molar-refractivity contribution in [3.05, 3.63) is 54.4 Å². The van der Waals surface area contributed by atoms with E-state index in [4.69, 9.17) is 0 Å². The van der Waals surface area contributed by atoms with Crippen LogP contribution in [0.3, 0.4) is 0 Å². The molecule has 0 fully saturated rings.